The van der Waals surface area contributed by atoms with Crippen molar-refractivity contribution >= 4 is 5.97 Å². The van der Waals surface area contributed by atoms with Crippen LogP contribution in [0.5, 0.6) is 0 Å². The Kier molecular flexibility index (Phi) is 2.08. The zero-order valence-corrected chi connectivity index (χ0v) is 8.43. The molecule has 2 fully saturated rings. The smallest absolute Gasteiger partial charge is 0.309 e. The maximum Gasteiger partial charge on any atom is 0.309 e. The van der Waals surface area contributed by atoms with E-state index in [9.17, 15) is 15.0 Å². The quantitative estimate of drug-likeness (QED) is 0.543. The van der Waals surface area contributed by atoms with Gasteiger partial charge in [0.05, 0.1) is 11.5 Å². The van der Waals surface area contributed by atoms with E-state index < -0.39 is 17.8 Å². The molecule has 1 saturated carbocycles. The fourth-order valence-electron chi connectivity index (χ4n) is 2.46. The summed E-state index contributed by atoms with van der Waals surface area (Å²) in [6, 6.07) is 0. The summed E-state index contributed by atoms with van der Waals surface area (Å²) in [5, 5.41) is 19.6. The Labute approximate surface area is 82.9 Å². The van der Waals surface area contributed by atoms with Crippen molar-refractivity contribution in [3.8, 4) is 0 Å². The highest BCUT2D eigenvalue weighted by atomic mass is 16.6. The lowest BCUT2D eigenvalue weighted by molar-refractivity contribution is -0.168. The van der Waals surface area contributed by atoms with E-state index in [1.807, 2.05) is 6.92 Å². The van der Waals surface area contributed by atoms with Crippen molar-refractivity contribution in [2.24, 2.45) is 11.8 Å². The molecule has 0 bridgehead atoms. The first-order valence-electron chi connectivity index (χ1n) is 5.04. The van der Waals surface area contributed by atoms with Crippen LogP contribution in [0.15, 0.2) is 0 Å². The van der Waals surface area contributed by atoms with Crippen LogP contribution in [0.2, 0.25) is 0 Å². The number of ether oxygens (including phenoxy) is 1. The molecule has 14 heavy (non-hydrogen) atoms. The van der Waals surface area contributed by atoms with Gasteiger partial charge < -0.3 is 14.9 Å². The Bertz CT molecular complexity index is 261. The molecule has 1 saturated heterocycles. The zero-order valence-electron chi connectivity index (χ0n) is 8.43. The average Bonchev–Trinajstić information content (AvgIpc) is 2.38. The van der Waals surface area contributed by atoms with Gasteiger partial charge in [-0.3, -0.25) is 4.79 Å². The van der Waals surface area contributed by atoms with Gasteiger partial charge in [-0.05, 0) is 19.8 Å². The Morgan fingerprint density at radius 2 is 2.21 bits per heavy atom. The fourth-order valence-corrected chi connectivity index (χ4v) is 2.46. The molecule has 0 aromatic carbocycles. The van der Waals surface area contributed by atoms with E-state index in [4.69, 9.17) is 4.74 Å². The molecule has 1 aliphatic carbocycles. The van der Waals surface area contributed by atoms with E-state index in [0.29, 0.717) is 6.42 Å². The minimum Gasteiger partial charge on any atom is -0.459 e. The van der Waals surface area contributed by atoms with E-state index in [-0.39, 0.29) is 17.8 Å². The minimum absolute atomic E-state index is 0.0673. The van der Waals surface area contributed by atoms with Crippen molar-refractivity contribution in [3.05, 3.63) is 0 Å². The monoisotopic (exact) mass is 200 g/mol. The molecule has 2 aliphatic rings. The van der Waals surface area contributed by atoms with Crippen LogP contribution in [0.4, 0.5) is 0 Å². The zero-order chi connectivity index (χ0) is 10.5. The van der Waals surface area contributed by atoms with E-state index in [0.717, 1.165) is 6.42 Å². The van der Waals surface area contributed by atoms with Gasteiger partial charge in [0.15, 0.2) is 0 Å². The lowest BCUT2D eigenvalue weighted by atomic mass is 9.73. The standard InChI is InChI=1S/C10H16O4/c1-5-6-3-4-10(2,13)8(11)7(6)14-9(5)12/h5-8,11,13H,3-4H2,1-2H3/t5-,6-,7+,8-,10+/m1/s1. The Balaban J connectivity index is 2.22. The number of aliphatic hydroxyl groups is 2. The van der Waals surface area contributed by atoms with Crippen molar-refractivity contribution in [3.63, 3.8) is 0 Å². The molecule has 4 heteroatoms. The number of esters is 1. The summed E-state index contributed by atoms with van der Waals surface area (Å²) < 4.78 is 5.08. The van der Waals surface area contributed by atoms with E-state index in [2.05, 4.69) is 0 Å². The molecule has 0 aromatic rings. The molecule has 0 unspecified atom stereocenters. The first-order chi connectivity index (χ1) is 6.43. The van der Waals surface area contributed by atoms with Crippen LogP contribution in [0.25, 0.3) is 0 Å². The molecule has 0 aromatic heterocycles. The van der Waals surface area contributed by atoms with Crippen molar-refractivity contribution in [1.82, 2.24) is 0 Å². The van der Waals surface area contributed by atoms with Gasteiger partial charge in [-0.25, -0.2) is 0 Å². The summed E-state index contributed by atoms with van der Waals surface area (Å²) in [6.07, 6.45) is -0.200. The van der Waals surface area contributed by atoms with Gasteiger partial charge in [0.1, 0.15) is 12.2 Å². The Hall–Kier alpha value is -0.610. The molecule has 4 nitrogen and oxygen atoms in total. The van der Waals surface area contributed by atoms with Gasteiger partial charge in [0, 0.05) is 5.92 Å². The highest BCUT2D eigenvalue weighted by Gasteiger charge is 2.53. The van der Waals surface area contributed by atoms with Gasteiger partial charge in [-0.2, -0.15) is 0 Å². The molecule has 80 valence electrons. The van der Waals surface area contributed by atoms with Crippen molar-refractivity contribution < 1.29 is 19.7 Å². The molecule has 0 radical (unpaired) electrons. The third-order valence-electron chi connectivity index (χ3n) is 3.62. The van der Waals surface area contributed by atoms with E-state index in [1.54, 1.807) is 6.92 Å². The SMILES string of the molecule is C[C@H]1C(=O)O[C@H]2[C@@H]1CC[C@](C)(O)[C@@H]2O. The Morgan fingerprint density at radius 1 is 1.57 bits per heavy atom. The summed E-state index contributed by atoms with van der Waals surface area (Å²) in [6.45, 7) is 3.41. The maximum absolute atomic E-state index is 11.3. The molecule has 1 heterocycles. The number of carbonyl (C=O) groups excluding carboxylic acids is 1. The van der Waals surface area contributed by atoms with Gasteiger partial charge in [0.2, 0.25) is 0 Å². The van der Waals surface area contributed by atoms with Crippen LogP contribution in [0.1, 0.15) is 26.7 Å². The van der Waals surface area contributed by atoms with Gasteiger partial charge in [-0.1, -0.05) is 6.92 Å². The number of hydrogen-bond donors (Lipinski definition) is 2. The topological polar surface area (TPSA) is 66.8 Å². The van der Waals surface area contributed by atoms with Crippen molar-refractivity contribution in [2.45, 2.75) is 44.5 Å². The number of fused-ring (bicyclic) bond motifs is 1. The third-order valence-corrected chi connectivity index (χ3v) is 3.62. The van der Waals surface area contributed by atoms with Crippen molar-refractivity contribution in [1.29, 1.82) is 0 Å². The highest BCUT2D eigenvalue weighted by Crippen LogP contribution is 2.42. The van der Waals surface area contributed by atoms with E-state index in [1.165, 1.54) is 0 Å². The van der Waals surface area contributed by atoms with Gasteiger partial charge >= 0.3 is 5.97 Å². The molecule has 0 spiro atoms. The van der Waals surface area contributed by atoms with Crippen LogP contribution >= 0.6 is 0 Å². The van der Waals surface area contributed by atoms with Gasteiger partial charge in [-0.15, -0.1) is 0 Å². The minimum atomic E-state index is -1.12. The molecule has 0 amide bonds. The lowest BCUT2D eigenvalue weighted by Crippen LogP contribution is -2.53. The normalized spacial score (nSPS) is 52.7. The molecule has 2 N–H and O–H groups in total. The first kappa shape index (κ1) is 9.93. The average molecular weight is 200 g/mol. The summed E-state index contributed by atoms with van der Waals surface area (Å²) in [5.74, 6) is -0.333. The maximum atomic E-state index is 11.3. The van der Waals surface area contributed by atoms with Crippen LogP contribution < -0.4 is 0 Å². The fraction of sp³-hybridized carbons (Fsp3) is 0.900. The number of carbonyl (C=O) groups is 1. The molecule has 2 rings (SSSR count). The van der Waals surface area contributed by atoms with Crippen LogP contribution in [0, 0.1) is 11.8 Å². The second-order valence-corrected chi connectivity index (χ2v) is 4.69. The molecular weight excluding hydrogens is 184 g/mol. The second kappa shape index (κ2) is 2.94. The number of rotatable bonds is 0. The third kappa shape index (κ3) is 1.25. The largest absolute Gasteiger partial charge is 0.459 e. The number of hydrogen-bond acceptors (Lipinski definition) is 4. The predicted molar refractivity (Wildman–Crippen MR) is 48.4 cm³/mol. The molecule has 1 aliphatic heterocycles. The van der Waals surface area contributed by atoms with Crippen LogP contribution in [-0.4, -0.2) is 34.0 Å². The number of aliphatic hydroxyl groups excluding tert-OH is 1. The summed E-state index contributed by atoms with van der Waals surface area (Å²) in [5.41, 5.74) is -1.12. The first-order valence-corrected chi connectivity index (χ1v) is 5.04. The molecule has 5 atom stereocenters. The molecular formula is C10H16O4. The van der Waals surface area contributed by atoms with Crippen LogP contribution in [0.3, 0.4) is 0 Å². The van der Waals surface area contributed by atoms with E-state index >= 15 is 0 Å². The van der Waals surface area contributed by atoms with Crippen LogP contribution in [-0.2, 0) is 9.53 Å². The van der Waals surface area contributed by atoms with Crippen molar-refractivity contribution in [2.75, 3.05) is 0 Å². The summed E-state index contributed by atoms with van der Waals surface area (Å²) >= 11 is 0. The lowest BCUT2D eigenvalue weighted by Gasteiger charge is -2.40. The summed E-state index contributed by atoms with van der Waals surface area (Å²) in [4.78, 5) is 11.3. The predicted octanol–water partition coefficient (Wildman–Crippen LogP) is 0.0698. The second-order valence-electron chi connectivity index (χ2n) is 4.69. The van der Waals surface area contributed by atoms with Gasteiger partial charge in [0.25, 0.3) is 0 Å². The Morgan fingerprint density at radius 3 is 2.86 bits per heavy atom. The summed E-state index contributed by atoms with van der Waals surface area (Å²) in [7, 11) is 0. The highest BCUT2D eigenvalue weighted by molar-refractivity contribution is 5.75.